The van der Waals surface area contributed by atoms with Gasteiger partial charge in [-0.15, -0.1) is 23.1 Å². The van der Waals surface area contributed by atoms with E-state index in [0.717, 1.165) is 32.9 Å². The van der Waals surface area contributed by atoms with Gasteiger partial charge in [0, 0.05) is 27.8 Å². The number of carbonyl (C=O) groups excluding carboxylic acids is 3. The maximum atomic E-state index is 13.7. The highest BCUT2D eigenvalue weighted by molar-refractivity contribution is 8.00. The van der Waals surface area contributed by atoms with Gasteiger partial charge in [0.25, 0.3) is 0 Å². The molecule has 1 unspecified atom stereocenters. The molecule has 2 aliphatic heterocycles. The van der Waals surface area contributed by atoms with Crippen molar-refractivity contribution in [3.8, 4) is 0 Å². The van der Waals surface area contributed by atoms with E-state index in [1.165, 1.54) is 17.1 Å². The number of nitrogens with two attached hydrogens (primary N) is 2. The highest BCUT2D eigenvalue weighted by Gasteiger charge is 2.52. The monoisotopic (exact) mass is 645 g/mol. The smallest absolute Gasteiger partial charge is 0.370 e. The van der Waals surface area contributed by atoms with Crippen molar-refractivity contribution in [3.05, 3.63) is 129 Å². The number of nitrogen functional groups attached to an aromatic ring is 1. The van der Waals surface area contributed by atoms with Crippen LogP contribution in [0.3, 0.4) is 0 Å². The first-order chi connectivity index (χ1) is 21.3. The molecule has 2 aliphatic rings. The minimum Gasteiger partial charge on any atom is -0.383 e. The Labute approximate surface area is 265 Å². The summed E-state index contributed by atoms with van der Waals surface area (Å²) in [6.07, 6.45) is 0. The van der Waals surface area contributed by atoms with Gasteiger partial charge >= 0.3 is 11.9 Å². The molecule has 4 aromatic rings. The van der Waals surface area contributed by atoms with Crippen molar-refractivity contribution in [3.63, 3.8) is 0 Å². The first-order valence-corrected chi connectivity index (χ1v) is 15.6. The van der Waals surface area contributed by atoms with Crippen LogP contribution in [0.5, 0.6) is 0 Å². The fraction of sp³-hybridized carbons (Fsp3) is 0.129. The maximum absolute atomic E-state index is 13.7. The Kier molecular flexibility index (Phi) is 8.23. The third kappa shape index (κ3) is 5.26. The van der Waals surface area contributed by atoms with Crippen molar-refractivity contribution in [2.45, 2.75) is 17.0 Å². The molecule has 6 rings (SSSR count). The van der Waals surface area contributed by atoms with Gasteiger partial charge in [0.05, 0.1) is 5.03 Å². The van der Waals surface area contributed by atoms with Gasteiger partial charge in [-0.2, -0.15) is 0 Å². The Hall–Kier alpha value is -4.49. The normalized spacial score (nSPS) is 18.4. The summed E-state index contributed by atoms with van der Waals surface area (Å²) in [6, 6.07) is 27.4. The van der Waals surface area contributed by atoms with Gasteiger partial charge in [0.1, 0.15) is 22.8 Å². The van der Waals surface area contributed by atoms with Crippen molar-refractivity contribution < 1.29 is 24.0 Å². The van der Waals surface area contributed by atoms with Crippen molar-refractivity contribution in [2.24, 2.45) is 10.9 Å². The van der Waals surface area contributed by atoms with Gasteiger partial charge in [-0.25, -0.2) is 14.6 Å². The molecule has 10 nitrogen and oxygen atoms in total. The molecule has 1 amide bonds. The summed E-state index contributed by atoms with van der Waals surface area (Å²) in [6.45, 7) is 0. The fourth-order valence-electron chi connectivity index (χ4n) is 5.03. The lowest BCUT2D eigenvalue weighted by Gasteiger charge is -2.47. The highest BCUT2D eigenvalue weighted by atomic mass is 35.5. The molecule has 0 spiro atoms. The van der Waals surface area contributed by atoms with Gasteiger partial charge in [0.2, 0.25) is 17.2 Å². The van der Waals surface area contributed by atoms with E-state index in [1.54, 1.807) is 0 Å². The molecular weight excluding hydrogens is 622 g/mol. The molecular formula is C31H24ClN5O5S2. The van der Waals surface area contributed by atoms with Crippen molar-refractivity contribution in [2.75, 3.05) is 11.5 Å². The van der Waals surface area contributed by atoms with E-state index in [4.69, 9.17) is 32.6 Å². The summed E-state index contributed by atoms with van der Waals surface area (Å²) >= 11 is 8.70. The number of hydrogen-bond donors (Lipinski definition) is 2. The summed E-state index contributed by atoms with van der Waals surface area (Å²) in [5, 5.41) is 5.56. The van der Waals surface area contributed by atoms with Crippen molar-refractivity contribution in [1.82, 2.24) is 9.88 Å². The largest absolute Gasteiger partial charge is 0.383 e. The molecule has 0 aliphatic carbocycles. The Bertz CT molecular complexity index is 1690. The second-order valence-electron chi connectivity index (χ2n) is 9.75. The van der Waals surface area contributed by atoms with E-state index in [1.807, 2.05) is 91.0 Å². The van der Waals surface area contributed by atoms with Gasteiger partial charge in [0.15, 0.2) is 5.13 Å². The molecule has 1 saturated heterocycles. The topological polar surface area (TPSA) is 150 Å². The number of β-lactam (4-membered cyclic amide) rings is 1. The van der Waals surface area contributed by atoms with Crippen LogP contribution in [0.25, 0.3) is 0 Å². The van der Waals surface area contributed by atoms with Crippen LogP contribution in [0, 0.1) is 0 Å². The number of thioether (sulfide) groups is 1. The lowest BCUT2D eigenvalue weighted by Crippen LogP contribution is -2.68. The zero-order valence-electron chi connectivity index (χ0n) is 22.8. The van der Waals surface area contributed by atoms with Crippen LogP contribution in [-0.2, 0) is 29.6 Å². The molecule has 44 heavy (non-hydrogen) atoms. The van der Waals surface area contributed by atoms with E-state index in [-0.39, 0.29) is 27.3 Å². The second kappa shape index (κ2) is 12.2. The lowest BCUT2D eigenvalue weighted by atomic mass is 9.80. The second-order valence-corrected chi connectivity index (χ2v) is 12.2. The van der Waals surface area contributed by atoms with Gasteiger partial charge < -0.3 is 21.0 Å². The first-order valence-electron chi connectivity index (χ1n) is 13.3. The number of carbonyl (C=O) groups is 3. The van der Waals surface area contributed by atoms with Crippen molar-refractivity contribution in [1.29, 1.82) is 0 Å². The average Bonchev–Trinajstić information content (AvgIpc) is 3.49. The number of anilines is 1. The predicted octanol–water partition coefficient (Wildman–Crippen LogP) is 4.20. The van der Waals surface area contributed by atoms with Gasteiger partial charge in [-0.3, -0.25) is 9.69 Å². The number of thiazole rings is 1. The summed E-state index contributed by atoms with van der Waals surface area (Å²) in [4.78, 5) is 51.2. The number of aromatic nitrogens is 1. The third-order valence-corrected chi connectivity index (χ3v) is 9.56. The van der Waals surface area contributed by atoms with Crippen LogP contribution in [0.15, 0.2) is 112 Å². The standard InChI is InChI=1S/C31H24ClN5O5S2/c32-21-16-43-27-23(33)26(38)37(27)25(21)29(40)41-28(39)24(22-17-44-30(34)35-22)36-42-31(18-10-4-1-5-11-18,19-12-6-2-7-13-19)20-14-8-3-9-15-20/h1-15,17,23,27H,16,33H2,(H2,34,35)/b36-24-/t23?,27-/m0/s1. The predicted molar refractivity (Wildman–Crippen MR) is 168 cm³/mol. The van der Waals surface area contributed by atoms with Crippen LogP contribution in [-0.4, -0.2) is 50.6 Å². The van der Waals surface area contributed by atoms with E-state index in [0.29, 0.717) is 0 Å². The molecule has 3 aromatic carbocycles. The van der Waals surface area contributed by atoms with Crippen LogP contribution in [0.4, 0.5) is 5.13 Å². The minimum absolute atomic E-state index is 0.0348. The molecule has 1 aromatic heterocycles. The Morgan fingerprint density at radius 1 is 0.955 bits per heavy atom. The average molecular weight is 646 g/mol. The maximum Gasteiger partial charge on any atom is 0.370 e. The number of ether oxygens (including phenoxy) is 1. The van der Waals surface area contributed by atoms with Gasteiger partial charge in [-0.1, -0.05) is 108 Å². The Morgan fingerprint density at radius 3 is 2.00 bits per heavy atom. The minimum atomic E-state index is -1.33. The number of halogens is 1. The van der Waals surface area contributed by atoms with Crippen LogP contribution < -0.4 is 11.5 Å². The molecule has 0 saturated carbocycles. The molecule has 222 valence electrons. The summed E-state index contributed by atoms with van der Waals surface area (Å²) < 4.78 is 5.25. The van der Waals surface area contributed by atoms with Crippen molar-refractivity contribution >= 4 is 63.4 Å². The molecule has 0 bridgehead atoms. The molecule has 2 atom stereocenters. The Morgan fingerprint density at radius 2 is 1.50 bits per heavy atom. The molecule has 3 heterocycles. The number of hydrogen-bond acceptors (Lipinski definition) is 11. The van der Waals surface area contributed by atoms with Crippen LogP contribution in [0.2, 0.25) is 0 Å². The lowest BCUT2D eigenvalue weighted by molar-refractivity contribution is -0.157. The molecule has 1 fully saturated rings. The molecule has 13 heteroatoms. The van der Waals surface area contributed by atoms with E-state index < -0.39 is 40.6 Å². The van der Waals surface area contributed by atoms with E-state index in [9.17, 15) is 14.4 Å². The SMILES string of the molecule is Nc1nc(/C(=N/OC(c2ccccc2)(c2ccccc2)c2ccccc2)C(=O)OC(=O)C2=C(Cl)CS[C@H]3C(N)C(=O)N23)cs1. The van der Waals surface area contributed by atoms with Crippen LogP contribution >= 0.6 is 34.7 Å². The molecule has 4 N–H and O–H groups in total. The highest BCUT2D eigenvalue weighted by Crippen LogP contribution is 2.42. The number of benzene rings is 3. The number of amides is 1. The number of oxime groups is 1. The Balaban J connectivity index is 1.42. The number of esters is 2. The van der Waals surface area contributed by atoms with E-state index >= 15 is 0 Å². The van der Waals surface area contributed by atoms with Crippen LogP contribution in [0.1, 0.15) is 22.4 Å². The number of nitrogens with zero attached hydrogens (tertiary/aromatic N) is 3. The summed E-state index contributed by atoms with van der Waals surface area (Å²) in [7, 11) is 0. The summed E-state index contributed by atoms with van der Waals surface area (Å²) in [5.74, 6) is -2.57. The summed E-state index contributed by atoms with van der Waals surface area (Å²) in [5.41, 5.74) is 12.0. The zero-order valence-corrected chi connectivity index (χ0v) is 25.2. The first kappa shape index (κ1) is 29.6. The molecule has 0 radical (unpaired) electrons. The number of rotatable bonds is 8. The van der Waals surface area contributed by atoms with E-state index in [2.05, 4.69) is 10.1 Å². The third-order valence-electron chi connectivity index (χ3n) is 7.11. The quantitative estimate of drug-likeness (QED) is 0.0718. The zero-order chi connectivity index (χ0) is 30.8. The fourth-order valence-corrected chi connectivity index (χ4v) is 7.07. The number of fused-ring (bicyclic) bond motifs is 1. The van der Waals surface area contributed by atoms with Gasteiger partial charge in [-0.05, 0) is 0 Å².